The van der Waals surface area contributed by atoms with Crippen LogP contribution in [0.4, 0.5) is 0 Å². The minimum Gasteiger partial charge on any atom is -0.335 e. The maximum atomic E-state index is 12.3. The minimum atomic E-state index is -3.39. The van der Waals surface area contributed by atoms with Crippen LogP contribution >= 0.6 is 0 Å². The van der Waals surface area contributed by atoms with E-state index in [-0.39, 0.29) is 5.03 Å². The molecule has 0 spiro atoms. The van der Waals surface area contributed by atoms with Crippen molar-refractivity contribution in [2.24, 2.45) is 0 Å². The number of imidazole rings is 1. The molecule has 7 heteroatoms. The Morgan fingerprint density at radius 2 is 2.22 bits per heavy atom. The van der Waals surface area contributed by atoms with Gasteiger partial charge in [0.25, 0.3) is 10.0 Å². The molecule has 0 bridgehead atoms. The molecule has 1 N–H and O–H groups in total. The van der Waals surface area contributed by atoms with Gasteiger partial charge < -0.3 is 4.98 Å². The van der Waals surface area contributed by atoms with Crippen molar-refractivity contribution in [2.75, 3.05) is 26.2 Å². The summed E-state index contributed by atoms with van der Waals surface area (Å²) in [5, 5.41) is 0.183. The molecule has 0 aromatic carbocycles. The minimum absolute atomic E-state index is 0.183. The first-order valence-corrected chi connectivity index (χ1v) is 7.76. The smallest absolute Gasteiger partial charge is 0.260 e. The number of likely N-dealkylation sites (N-methyl/N-ethyl adjacent to an activating group) is 1. The van der Waals surface area contributed by atoms with Gasteiger partial charge in [-0.05, 0) is 19.5 Å². The third-order valence-electron chi connectivity index (χ3n) is 3.55. The van der Waals surface area contributed by atoms with Crippen molar-refractivity contribution in [1.29, 1.82) is 0 Å². The summed E-state index contributed by atoms with van der Waals surface area (Å²) in [4.78, 5) is 8.75. The van der Waals surface area contributed by atoms with Gasteiger partial charge in [-0.2, -0.15) is 4.31 Å². The maximum absolute atomic E-state index is 12.3. The number of aromatic nitrogens is 2. The molecule has 6 nitrogen and oxygen atoms in total. The molecule has 1 aliphatic heterocycles. The van der Waals surface area contributed by atoms with E-state index in [0.717, 1.165) is 19.5 Å². The van der Waals surface area contributed by atoms with E-state index in [1.165, 1.54) is 12.5 Å². The van der Waals surface area contributed by atoms with Crippen LogP contribution in [0.5, 0.6) is 0 Å². The van der Waals surface area contributed by atoms with Crippen molar-refractivity contribution in [3.05, 3.63) is 12.5 Å². The highest BCUT2D eigenvalue weighted by molar-refractivity contribution is 7.89. The maximum Gasteiger partial charge on any atom is 0.260 e. The highest BCUT2D eigenvalue weighted by atomic mass is 32.2. The third-order valence-corrected chi connectivity index (χ3v) is 5.34. The zero-order valence-electron chi connectivity index (χ0n) is 10.8. The number of H-pyrrole nitrogens is 1. The van der Waals surface area contributed by atoms with E-state index in [9.17, 15) is 8.42 Å². The molecule has 1 aromatic rings. The Balaban J connectivity index is 2.09. The number of aromatic amines is 1. The molecule has 1 saturated heterocycles. The molecule has 1 fully saturated rings. The Kier molecular flexibility index (Phi) is 4.04. The standard InChI is InChI=1S/C11H20N4O2S/c1-3-14(4-2)10-5-6-15(8-10)18(16,17)11-7-12-9-13-11/h7,9-10H,3-6,8H2,1-2H3,(H,12,13). The molecule has 0 radical (unpaired) electrons. The van der Waals surface area contributed by atoms with Crippen molar-refractivity contribution >= 4 is 10.0 Å². The van der Waals surface area contributed by atoms with Gasteiger partial charge in [0.05, 0.1) is 12.5 Å². The summed E-state index contributed by atoms with van der Waals surface area (Å²) >= 11 is 0. The van der Waals surface area contributed by atoms with E-state index in [4.69, 9.17) is 0 Å². The summed E-state index contributed by atoms with van der Waals surface area (Å²) in [6.45, 7) is 7.29. The summed E-state index contributed by atoms with van der Waals surface area (Å²) in [6, 6.07) is 0.331. The fourth-order valence-corrected chi connectivity index (χ4v) is 3.88. The van der Waals surface area contributed by atoms with Gasteiger partial charge in [-0.3, -0.25) is 4.90 Å². The number of nitrogens with one attached hydrogen (secondary N) is 1. The summed E-state index contributed by atoms with van der Waals surface area (Å²) in [5.74, 6) is 0. The average Bonchev–Trinajstić information content (AvgIpc) is 3.02. The van der Waals surface area contributed by atoms with Crippen LogP contribution in [0, 0.1) is 0 Å². The predicted octanol–water partition coefficient (Wildman–Crippen LogP) is 0.514. The van der Waals surface area contributed by atoms with E-state index < -0.39 is 10.0 Å². The van der Waals surface area contributed by atoms with Crippen LogP contribution in [-0.2, 0) is 10.0 Å². The zero-order valence-corrected chi connectivity index (χ0v) is 11.7. The number of nitrogens with zero attached hydrogens (tertiary/aromatic N) is 3. The lowest BCUT2D eigenvalue weighted by atomic mass is 10.2. The molecule has 1 aliphatic rings. The monoisotopic (exact) mass is 272 g/mol. The second kappa shape index (κ2) is 5.38. The summed E-state index contributed by atoms with van der Waals surface area (Å²) in [5.41, 5.74) is 0. The molecule has 18 heavy (non-hydrogen) atoms. The van der Waals surface area contributed by atoms with Gasteiger partial charge in [0.2, 0.25) is 0 Å². The van der Waals surface area contributed by atoms with Gasteiger partial charge >= 0.3 is 0 Å². The van der Waals surface area contributed by atoms with Gasteiger partial charge in [0, 0.05) is 19.1 Å². The Hall–Kier alpha value is -0.920. The van der Waals surface area contributed by atoms with Gasteiger partial charge in [0.1, 0.15) is 0 Å². The van der Waals surface area contributed by atoms with Gasteiger partial charge in [0.15, 0.2) is 5.03 Å². The molecule has 1 atom stereocenters. The zero-order chi connectivity index (χ0) is 13.2. The molecule has 2 rings (SSSR count). The highest BCUT2D eigenvalue weighted by Gasteiger charge is 2.34. The highest BCUT2D eigenvalue weighted by Crippen LogP contribution is 2.22. The average molecular weight is 272 g/mol. The largest absolute Gasteiger partial charge is 0.335 e. The van der Waals surface area contributed by atoms with Crippen LogP contribution in [0.1, 0.15) is 20.3 Å². The molecular formula is C11H20N4O2S. The molecule has 2 heterocycles. The van der Waals surface area contributed by atoms with Gasteiger partial charge in [-0.15, -0.1) is 0 Å². The normalized spacial score (nSPS) is 21.8. The lowest BCUT2D eigenvalue weighted by Crippen LogP contribution is -2.38. The molecule has 0 saturated carbocycles. The third kappa shape index (κ3) is 2.43. The Morgan fingerprint density at radius 3 is 2.78 bits per heavy atom. The second-order valence-electron chi connectivity index (χ2n) is 4.44. The number of hydrogen-bond donors (Lipinski definition) is 1. The first-order valence-electron chi connectivity index (χ1n) is 6.32. The Morgan fingerprint density at radius 1 is 1.50 bits per heavy atom. The number of sulfonamides is 1. The molecule has 0 aliphatic carbocycles. The van der Waals surface area contributed by atoms with E-state index in [1.54, 1.807) is 4.31 Å². The van der Waals surface area contributed by atoms with Crippen LogP contribution in [0.25, 0.3) is 0 Å². The van der Waals surface area contributed by atoms with Crippen LogP contribution in [0.3, 0.4) is 0 Å². The van der Waals surface area contributed by atoms with Crippen LogP contribution in [0.15, 0.2) is 17.6 Å². The lowest BCUT2D eigenvalue weighted by molar-refractivity contribution is 0.224. The summed E-state index contributed by atoms with van der Waals surface area (Å²) in [6.07, 6.45) is 3.65. The fraction of sp³-hybridized carbons (Fsp3) is 0.727. The van der Waals surface area contributed by atoms with Crippen molar-refractivity contribution < 1.29 is 8.42 Å². The quantitative estimate of drug-likeness (QED) is 0.848. The SMILES string of the molecule is CCN(CC)C1CCN(S(=O)(=O)c2cnc[nH]2)C1. The molecular weight excluding hydrogens is 252 g/mol. The lowest BCUT2D eigenvalue weighted by Gasteiger charge is -2.25. The van der Waals surface area contributed by atoms with Crippen LogP contribution in [0.2, 0.25) is 0 Å². The molecule has 1 aromatic heterocycles. The summed E-state index contributed by atoms with van der Waals surface area (Å²) < 4.78 is 26.1. The van der Waals surface area contributed by atoms with E-state index >= 15 is 0 Å². The Bertz CT molecular complexity index is 467. The van der Waals surface area contributed by atoms with Crippen molar-refractivity contribution in [3.63, 3.8) is 0 Å². The number of hydrogen-bond acceptors (Lipinski definition) is 4. The van der Waals surface area contributed by atoms with Crippen molar-refractivity contribution in [1.82, 2.24) is 19.2 Å². The van der Waals surface area contributed by atoms with E-state index in [1.807, 2.05) is 0 Å². The molecule has 1 unspecified atom stereocenters. The van der Waals surface area contributed by atoms with E-state index in [2.05, 4.69) is 28.7 Å². The first-order chi connectivity index (χ1) is 8.59. The van der Waals surface area contributed by atoms with Crippen molar-refractivity contribution in [2.45, 2.75) is 31.3 Å². The topological polar surface area (TPSA) is 69.3 Å². The number of rotatable bonds is 5. The predicted molar refractivity (Wildman–Crippen MR) is 68.7 cm³/mol. The van der Waals surface area contributed by atoms with Gasteiger partial charge in [-0.1, -0.05) is 13.8 Å². The molecule has 0 amide bonds. The van der Waals surface area contributed by atoms with Crippen molar-refractivity contribution in [3.8, 4) is 0 Å². The second-order valence-corrected chi connectivity index (χ2v) is 6.35. The summed E-state index contributed by atoms with van der Waals surface area (Å²) in [7, 11) is -3.39. The Labute approximate surface area is 108 Å². The molecule has 102 valence electrons. The van der Waals surface area contributed by atoms with Gasteiger partial charge in [-0.25, -0.2) is 13.4 Å². The first kappa shape index (κ1) is 13.5. The fourth-order valence-electron chi connectivity index (χ4n) is 2.49. The van der Waals surface area contributed by atoms with Crippen LogP contribution < -0.4 is 0 Å². The van der Waals surface area contributed by atoms with E-state index in [0.29, 0.717) is 19.1 Å². The van der Waals surface area contributed by atoms with Crippen LogP contribution in [-0.4, -0.2) is 59.8 Å².